The minimum absolute atomic E-state index is 0. The second-order valence-corrected chi connectivity index (χ2v) is 10.2. The van der Waals surface area contributed by atoms with E-state index < -0.39 is 10.0 Å². The first-order valence-electron chi connectivity index (χ1n) is 7.46. The van der Waals surface area contributed by atoms with Crippen LogP contribution in [0.4, 0.5) is 0 Å². The van der Waals surface area contributed by atoms with E-state index in [0.29, 0.717) is 0 Å². The Kier molecular flexibility index (Phi) is 12.4. The van der Waals surface area contributed by atoms with E-state index in [1.165, 1.54) is 5.75 Å². The molecule has 0 aliphatic rings. The van der Waals surface area contributed by atoms with Crippen molar-refractivity contribution >= 4 is 10.0 Å². The normalized spacial score (nSPS) is 13.3. The highest BCUT2D eigenvalue weighted by atomic mass is 32.3. The third kappa shape index (κ3) is 5.79. The van der Waals surface area contributed by atoms with E-state index in [9.17, 15) is 0 Å². The molecule has 18 heavy (non-hydrogen) atoms. The van der Waals surface area contributed by atoms with Crippen LogP contribution in [-0.4, -0.2) is 35.1 Å². The topological polar surface area (TPSA) is 12.0 Å². The highest BCUT2D eigenvalue weighted by Crippen LogP contribution is 2.60. The van der Waals surface area contributed by atoms with Crippen molar-refractivity contribution in [3.8, 4) is 0 Å². The van der Waals surface area contributed by atoms with Crippen LogP contribution in [0.15, 0.2) is 12.2 Å². The summed E-state index contributed by atoms with van der Waals surface area (Å²) < 4.78 is 0. The van der Waals surface area contributed by atoms with Crippen LogP contribution in [0, 0.1) is 0 Å². The largest absolute Gasteiger partial charge is 0.316 e. The van der Waals surface area contributed by atoms with Crippen LogP contribution in [0.2, 0.25) is 0 Å². The smallest absolute Gasteiger partial charge is 0.0132 e. The van der Waals surface area contributed by atoms with Gasteiger partial charge in [-0.05, 0) is 28.6 Å². The Hall–Kier alpha value is 0.0500. The molecule has 0 amide bonds. The summed E-state index contributed by atoms with van der Waals surface area (Å²) in [6.45, 7) is 19.4. The van der Waals surface area contributed by atoms with E-state index in [4.69, 9.17) is 0 Å². The first-order chi connectivity index (χ1) is 8.39. The van der Waals surface area contributed by atoms with Gasteiger partial charge >= 0.3 is 0 Å². The molecule has 0 heterocycles. The van der Waals surface area contributed by atoms with Crippen molar-refractivity contribution in [1.82, 2.24) is 5.32 Å². The standard InChI is InChI=1S/C14H31NS.C2H6.H2/c1-12(2)16(13(3)4,14(5)6)11-9-8-10-15-7;1-2;/h8-9,12-15H,10-11H2,1-7H3;1-2H3;1H/b9-8+;;. The molecular formula is C16H39NS. The first-order valence-corrected chi connectivity index (χ1v) is 9.45. The van der Waals surface area contributed by atoms with E-state index in [-0.39, 0.29) is 1.43 Å². The zero-order chi connectivity index (χ0) is 14.8. The van der Waals surface area contributed by atoms with Gasteiger partial charge in [0.25, 0.3) is 0 Å². The SMILES string of the molecule is CC.CNC/C=C/CS(C(C)C)(C(C)C)C(C)C.[HH]. The molecule has 1 nitrogen and oxygen atoms in total. The Labute approximate surface area is 120 Å². The summed E-state index contributed by atoms with van der Waals surface area (Å²) in [6, 6.07) is 0. The Bertz CT molecular complexity index is 191. The van der Waals surface area contributed by atoms with Crippen LogP contribution >= 0.6 is 10.0 Å². The van der Waals surface area contributed by atoms with E-state index in [2.05, 4.69) is 59.0 Å². The van der Waals surface area contributed by atoms with Crippen molar-refractivity contribution in [3.63, 3.8) is 0 Å². The molecule has 0 aromatic carbocycles. The maximum Gasteiger partial charge on any atom is 0.0132 e. The van der Waals surface area contributed by atoms with Crippen LogP contribution in [0.5, 0.6) is 0 Å². The molecule has 0 spiro atoms. The summed E-state index contributed by atoms with van der Waals surface area (Å²) in [5, 5.41) is 5.60. The molecule has 1 N–H and O–H groups in total. The quantitative estimate of drug-likeness (QED) is 0.641. The average molecular weight is 278 g/mol. The molecule has 0 aromatic rings. The van der Waals surface area contributed by atoms with Crippen molar-refractivity contribution in [2.75, 3.05) is 19.3 Å². The van der Waals surface area contributed by atoms with Gasteiger partial charge < -0.3 is 5.32 Å². The third-order valence-corrected chi connectivity index (χ3v) is 9.54. The molecule has 0 saturated heterocycles. The van der Waals surface area contributed by atoms with Gasteiger partial charge in [0.1, 0.15) is 0 Å². The average Bonchev–Trinajstić information content (AvgIpc) is 2.30. The Morgan fingerprint density at radius 1 is 0.889 bits per heavy atom. The van der Waals surface area contributed by atoms with Crippen molar-refractivity contribution in [2.45, 2.75) is 71.1 Å². The molecule has 0 bridgehead atoms. The molecule has 0 saturated carbocycles. The Balaban J connectivity index is -0.000000809. The van der Waals surface area contributed by atoms with Gasteiger partial charge in [-0.2, -0.15) is 0 Å². The van der Waals surface area contributed by atoms with Gasteiger partial charge in [0.2, 0.25) is 0 Å². The highest BCUT2D eigenvalue weighted by Gasteiger charge is 2.33. The fraction of sp³-hybridized carbons (Fsp3) is 0.875. The summed E-state index contributed by atoms with van der Waals surface area (Å²) in [7, 11) is 1.46. The molecular weight excluding hydrogens is 238 g/mol. The summed E-state index contributed by atoms with van der Waals surface area (Å²) in [4.78, 5) is 0. The molecule has 0 aromatic heterocycles. The van der Waals surface area contributed by atoms with Crippen molar-refractivity contribution < 1.29 is 1.43 Å². The number of hydrogen-bond donors (Lipinski definition) is 1. The predicted octanol–water partition coefficient (Wildman–Crippen LogP) is 5.06. The van der Waals surface area contributed by atoms with E-state index in [0.717, 1.165) is 22.3 Å². The predicted molar refractivity (Wildman–Crippen MR) is 94.4 cm³/mol. The monoisotopic (exact) mass is 277 g/mol. The fourth-order valence-corrected chi connectivity index (χ4v) is 7.54. The number of nitrogens with one attached hydrogen (secondary N) is 1. The van der Waals surface area contributed by atoms with Crippen LogP contribution in [0.25, 0.3) is 0 Å². The second kappa shape index (κ2) is 10.9. The maximum atomic E-state index is 3.16. The number of rotatable bonds is 7. The lowest BCUT2D eigenvalue weighted by atomic mass is 10.5. The van der Waals surface area contributed by atoms with Crippen molar-refractivity contribution in [1.29, 1.82) is 0 Å². The van der Waals surface area contributed by atoms with Crippen LogP contribution < -0.4 is 5.32 Å². The van der Waals surface area contributed by atoms with Gasteiger partial charge in [0.15, 0.2) is 0 Å². The van der Waals surface area contributed by atoms with Gasteiger partial charge in [-0.3, -0.25) is 0 Å². The van der Waals surface area contributed by atoms with Gasteiger partial charge in [-0.15, -0.1) is 0 Å². The second-order valence-electron chi connectivity index (χ2n) is 5.25. The van der Waals surface area contributed by atoms with Crippen LogP contribution in [0.3, 0.4) is 0 Å². The lowest BCUT2D eigenvalue weighted by molar-refractivity contribution is 0.916. The molecule has 0 atom stereocenters. The molecule has 0 aliphatic heterocycles. The van der Waals surface area contributed by atoms with E-state index >= 15 is 0 Å². The maximum absolute atomic E-state index is 3.16. The molecule has 0 rings (SSSR count). The fourth-order valence-electron chi connectivity index (χ4n) is 2.65. The third-order valence-electron chi connectivity index (χ3n) is 3.51. The van der Waals surface area contributed by atoms with Crippen molar-refractivity contribution in [2.24, 2.45) is 0 Å². The zero-order valence-corrected chi connectivity index (χ0v) is 15.0. The molecule has 2 heteroatoms. The minimum Gasteiger partial charge on any atom is -0.316 e. The first kappa shape index (κ1) is 20.4. The molecule has 0 fully saturated rings. The summed E-state index contributed by atoms with van der Waals surface area (Å²) in [5.74, 6) is 1.28. The summed E-state index contributed by atoms with van der Waals surface area (Å²) in [6.07, 6.45) is 4.67. The van der Waals surface area contributed by atoms with Crippen LogP contribution in [-0.2, 0) is 0 Å². The summed E-state index contributed by atoms with van der Waals surface area (Å²) in [5.41, 5.74) is 0. The molecule has 0 radical (unpaired) electrons. The molecule has 114 valence electrons. The van der Waals surface area contributed by atoms with Gasteiger partial charge in [-0.25, -0.2) is 10.0 Å². The lowest BCUT2D eigenvalue weighted by Gasteiger charge is -2.51. The lowest BCUT2D eigenvalue weighted by Crippen LogP contribution is -2.30. The van der Waals surface area contributed by atoms with Gasteiger partial charge in [0, 0.05) is 7.97 Å². The number of hydrogen-bond acceptors (Lipinski definition) is 1. The highest BCUT2D eigenvalue weighted by molar-refractivity contribution is 8.35. The Morgan fingerprint density at radius 2 is 1.28 bits per heavy atom. The van der Waals surface area contributed by atoms with Gasteiger partial charge in [-0.1, -0.05) is 67.5 Å². The van der Waals surface area contributed by atoms with E-state index in [1.807, 2.05) is 20.9 Å². The Morgan fingerprint density at radius 3 is 1.56 bits per heavy atom. The molecule has 0 aliphatic carbocycles. The van der Waals surface area contributed by atoms with Crippen molar-refractivity contribution in [3.05, 3.63) is 12.2 Å². The zero-order valence-electron chi connectivity index (χ0n) is 14.2. The molecule has 0 unspecified atom stereocenters. The van der Waals surface area contributed by atoms with Crippen LogP contribution in [0.1, 0.15) is 56.8 Å². The minimum atomic E-state index is -0.541. The summed E-state index contributed by atoms with van der Waals surface area (Å²) >= 11 is 0. The van der Waals surface area contributed by atoms with E-state index in [1.54, 1.807) is 0 Å². The van der Waals surface area contributed by atoms with Gasteiger partial charge in [0.05, 0.1) is 0 Å². The number of likely N-dealkylation sites (N-methyl/N-ethyl adjacent to an activating group) is 1.